The Morgan fingerprint density at radius 2 is 1.91 bits per heavy atom. The first-order chi connectivity index (χ1) is 15.2. The molecule has 1 unspecified atom stereocenters. The number of rotatable bonds is 7. The van der Waals surface area contributed by atoms with Gasteiger partial charge in [0.05, 0.1) is 5.69 Å². The zero-order valence-electron chi connectivity index (χ0n) is 18.5. The molecule has 0 bridgehead atoms. The Bertz CT molecular complexity index is 1050. The number of likely N-dealkylation sites (tertiary alicyclic amines) is 1. The first kappa shape index (κ1) is 23.5. The molecule has 1 amide bonds. The van der Waals surface area contributed by atoms with Crippen molar-refractivity contribution in [3.8, 4) is 0 Å². The number of nitrogens with zero attached hydrogens (tertiary/aromatic N) is 2. The number of aromatic nitrogens is 1. The Hall–Kier alpha value is -1.64. The van der Waals surface area contributed by atoms with Crippen molar-refractivity contribution in [2.75, 3.05) is 25.9 Å². The van der Waals surface area contributed by atoms with Crippen molar-refractivity contribution in [3.63, 3.8) is 0 Å². The lowest BCUT2D eigenvalue weighted by atomic mass is 9.78. The summed E-state index contributed by atoms with van der Waals surface area (Å²) in [6.45, 7) is 3.14. The van der Waals surface area contributed by atoms with E-state index in [1.807, 2.05) is 18.2 Å². The number of nitrogens with two attached hydrogens (primary N) is 1. The van der Waals surface area contributed by atoms with Gasteiger partial charge < -0.3 is 15.2 Å². The van der Waals surface area contributed by atoms with E-state index in [1.54, 1.807) is 0 Å². The van der Waals surface area contributed by atoms with E-state index < -0.39 is 21.0 Å². The van der Waals surface area contributed by atoms with Gasteiger partial charge >= 0.3 is 0 Å². The number of benzene rings is 1. The van der Waals surface area contributed by atoms with E-state index in [1.165, 1.54) is 0 Å². The topological polar surface area (TPSA) is 106 Å². The van der Waals surface area contributed by atoms with Crippen LogP contribution < -0.4 is 5.73 Å². The van der Waals surface area contributed by atoms with Crippen LogP contribution in [-0.2, 0) is 14.6 Å². The van der Waals surface area contributed by atoms with Crippen molar-refractivity contribution in [2.45, 2.75) is 56.1 Å². The molecule has 2 heterocycles. The Balaban J connectivity index is 1.23. The van der Waals surface area contributed by atoms with Gasteiger partial charge in [0.25, 0.3) is 0 Å². The third-order valence-corrected chi connectivity index (χ3v) is 9.13. The highest BCUT2D eigenvalue weighted by Gasteiger charge is 2.37. The predicted molar refractivity (Wildman–Crippen MR) is 125 cm³/mol. The fraction of sp³-hybridized carbons (Fsp3) is 0.652. The van der Waals surface area contributed by atoms with Crippen molar-refractivity contribution in [2.24, 2.45) is 17.6 Å². The lowest BCUT2D eigenvalue weighted by molar-refractivity contribution is -0.118. The molecule has 1 aromatic carbocycles. The first-order valence-corrected chi connectivity index (χ1v) is 13.8. The molecular formula is C23H32ClN3O4S. The predicted octanol–water partition coefficient (Wildman–Crippen LogP) is 3.76. The Morgan fingerprint density at radius 3 is 2.53 bits per heavy atom. The number of primary amides is 1. The van der Waals surface area contributed by atoms with Crippen LogP contribution in [-0.4, -0.2) is 55.5 Å². The number of fused-ring (bicyclic) bond motifs is 1. The smallest absolute Gasteiger partial charge is 0.236 e. The van der Waals surface area contributed by atoms with Crippen LogP contribution in [0.5, 0.6) is 0 Å². The van der Waals surface area contributed by atoms with Gasteiger partial charge in [0.2, 0.25) is 5.91 Å². The van der Waals surface area contributed by atoms with Crippen molar-refractivity contribution >= 4 is 38.3 Å². The molecule has 4 rings (SSSR count). The largest absolute Gasteiger partial charge is 0.369 e. The molecule has 32 heavy (non-hydrogen) atoms. The molecule has 1 atom stereocenters. The Morgan fingerprint density at radius 1 is 1.22 bits per heavy atom. The Kier molecular flexibility index (Phi) is 7.12. The fourth-order valence-electron chi connectivity index (χ4n) is 5.59. The van der Waals surface area contributed by atoms with E-state index in [9.17, 15) is 13.2 Å². The summed E-state index contributed by atoms with van der Waals surface area (Å²) >= 11 is 6.05. The minimum atomic E-state index is -3.45. The molecule has 0 spiro atoms. The highest BCUT2D eigenvalue weighted by molar-refractivity contribution is 7.92. The molecule has 0 radical (unpaired) electrons. The molecule has 1 saturated carbocycles. The summed E-state index contributed by atoms with van der Waals surface area (Å²) in [5.41, 5.74) is 7.18. The second-order valence-corrected chi connectivity index (χ2v) is 12.1. The normalized spacial score (nSPS) is 24.6. The van der Waals surface area contributed by atoms with Gasteiger partial charge in [0.15, 0.2) is 15.4 Å². The van der Waals surface area contributed by atoms with Gasteiger partial charge in [-0.25, -0.2) is 8.42 Å². The van der Waals surface area contributed by atoms with Crippen LogP contribution in [0.2, 0.25) is 5.02 Å². The first-order valence-electron chi connectivity index (χ1n) is 11.5. The monoisotopic (exact) mass is 481 g/mol. The van der Waals surface area contributed by atoms with Crippen LogP contribution in [0.1, 0.15) is 56.6 Å². The SMILES string of the molecule is CS(=O)(=O)C(C(N)=O)C1CCC(CCN2CCC(c3noc4cc(Cl)ccc34)CC2)CC1. The van der Waals surface area contributed by atoms with Gasteiger partial charge in [-0.15, -0.1) is 0 Å². The maximum Gasteiger partial charge on any atom is 0.236 e. The fourth-order valence-corrected chi connectivity index (χ4v) is 7.15. The molecule has 1 aromatic heterocycles. The molecule has 2 fully saturated rings. The number of piperidine rings is 1. The van der Waals surface area contributed by atoms with Crippen LogP contribution in [0.3, 0.4) is 0 Å². The maximum absolute atomic E-state index is 12.0. The highest BCUT2D eigenvalue weighted by Crippen LogP contribution is 2.36. The van der Waals surface area contributed by atoms with Crippen LogP contribution in [0.15, 0.2) is 22.7 Å². The van der Waals surface area contributed by atoms with Crippen LogP contribution >= 0.6 is 11.6 Å². The molecule has 2 aromatic rings. The van der Waals surface area contributed by atoms with Gasteiger partial charge in [0, 0.05) is 28.6 Å². The highest BCUT2D eigenvalue weighted by atomic mass is 35.5. The molecule has 7 nitrogen and oxygen atoms in total. The van der Waals surface area contributed by atoms with Gasteiger partial charge in [-0.3, -0.25) is 4.79 Å². The van der Waals surface area contributed by atoms with E-state index in [0.717, 1.165) is 87.5 Å². The lowest BCUT2D eigenvalue weighted by Crippen LogP contribution is -2.42. The zero-order valence-corrected chi connectivity index (χ0v) is 20.1. The van der Waals surface area contributed by atoms with Gasteiger partial charge in [-0.2, -0.15) is 0 Å². The molecule has 176 valence electrons. The van der Waals surface area contributed by atoms with Crippen molar-refractivity contribution < 1.29 is 17.7 Å². The number of hydrogen-bond donors (Lipinski definition) is 1. The summed E-state index contributed by atoms with van der Waals surface area (Å²) in [6, 6.07) is 5.70. The van der Waals surface area contributed by atoms with Gasteiger partial charge in [-0.1, -0.05) is 29.6 Å². The second kappa shape index (κ2) is 9.69. The molecule has 2 N–H and O–H groups in total. The number of hydrogen-bond acceptors (Lipinski definition) is 6. The summed E-state index contributed by atoms with van der Waals surface area (Å²) in [5.74, 6) is 0.149. The molecule has 1 saturated heterocycles. The van der Waals surface area contributed by atoms with E-state index >= 15 is 0 Å². The van der Waals surface area contributed by atoms with Crippen molar-refractivity contribution in [3.05, 3.63) is 28.9 Å². The number of carbonyl (C=O) groups is 1. The third-order valence-electron chi connectivity index (χ3n) is 7.35. The zero-order chi connectivity index (χ0) is 22.9. The van der Waals surface area contributed by atoms with E-state index in [0.29, 0.717) is 16.9 Å². The summed E-state index contributed by atoms with van der Waals surface area (Å²) in [7, 11) is -3.45. The number of amides is 1. The Labute approximate surface area is 194 Å². The molecular weight excluding hydrogens is 450 g/mol. The summed E-state index contributed by atoms with van der Waals surface area (Å²) in [6.07, 6.45) is 7.81. The van der Waals surface area contributed by atoms with E-state index in [4.69, 9.17) is 21.9 Å². The second-order valence-electron chi connectivity index (χ2n) is 9.55. The lowest BCUT2D eigenvalue weighted by Gasteiger charge is -2.35. The van der Waals surface area contributed by atoms with E-state index in [2.05, 4.69) is 10.1 Å². The number of halogens is 1. The van der Waals surface area contributed by atoms with Crippen molar-refractivity contribution in [1.82, 2.24) is 10.1 Å². The van der Waals surface area contributed by atoms with Crippen LogP contribution in [0.4, 0.5) is 0 Å². The summed E-state index contributed by atoms with van der Waals surface area (Å²) in [5, 5.41) is 5.01. The van der Waals surface area contributed by atoms with Crippen LogP contribution in [0.25, 0.3) is 11.0 Å². The summed E-state index contributed by atoms with van der Waals surface area (Å²) < 4.78 is 29.4. The molecule has 2 aliphatic rings. The number of sulfone groups is 1. The number of carbonyl (C=O) groups excluding carboxylic acids is 1. The minimum absolute atomic E-state index is 0.137. The molecule has 1 aliphatic carbocycles. The average Bonchev–Trinajstić information content (AvgIpc) is 3.15. The minimum Gasteiger partial charge on any atom is -0.369 e. The molecule has 1 aliphatic heterocycles. The quantitative estimate of drug-likeness (QED) is 0.645. The molecule has 9 heteroatoms. The van der Waals surface area contributed by atoms with Crippen LogP contribution in [0, 0.1) is 11.8 Å². The summed E-state index contributed by atoms with van der Waals surface area (Å²) in [4.78, 5) is 14.2. The van der Waals surface area contributed by atoms with Gasteiger partial charge in [-0.05, 0) is 75.7 Å². The maximum atomic E-state index is 12.0. The van der Waals surface area contributed by atoms with Gasteiger partial charge in [0.1, 0.15) is 5.25 Å². The average molecular weight is 482 g/mol. The van der Waals surface area contributed by atoms with Crippen molar-refractivity contribution in [1.29, 1.82) is 0 Å². The third kappa shape index (κ3) is 5.29. The van der Waals surface area contributed by atoms with E-state index in [-0.39, 0.29) is 5.92 Å². The standard InChI is InChI=1S/C23H32ClN3O4S/c1-32(29,30)22(23(25)28)17-4-2-15(3-5-17)8-11-27-12-9-16(10-13-27)21-19-7-6-18(24)14-20(19)31-26-21/h6-7,14-17,22H,2-5,8-13H2,1H3,(H2,25,28).